The number of aryl methyl sites for hydroxylation is 1. The SMILES string of the molecule is CSCCN(C)Cc1cc(CNC(C)C)oc1C. The maximum absolute atomic E-state index is 5.78. The monoisotopic (exact) mass is 270 g/mol. The van der Waals surface area contributed by atoms with Crippen molar-refractivity contribution in [2.24, 2.45) is 0 Å². The Labute approximate surface area is 115 Å². The highest BCUT2D eigenvalue weighted by atomic mass is 32.2. The van der Waals surface area contributed by atoms with Crippen molar-refractivity contribution >= 4 is 11.8 Å². The van der Waals surface area contributed by atoms with Crippen LogP contribution in [0.15, 0.2) is 10.5 Å². The van der Waals surface area contributed by atoms with E-state index in [1.807, 2.05) is 11.8 Å². The summed E-state index contributed by atoms with van der Waals surface area (Å²) in [5.41, 5.74) is 1.30. The van der Waals surface area contributed by atoms with Crippen molar-refractivity contribution in [2.75, 3.05) is 25.6 Å². The van der Waals surface area contributed by atoms with Gasteiger partial charge in [0.25, 0.3) is 0 Å². The molecule has 1 N–H and O–H groups in total. The molecule has 18 heavy (non-hydrogen) atoms. The number of rotatable bonds is 8. The lowest BCUT2D eigenvalue weighted by Gasteiger charge is -2.14. The molecule has 0 saturated carbocycles. The Kier molecular flexibility index (Phi) is 6.82. The van der Waals surface area contributed by atoms with Gasteiger partial charge < -0.3 is 14.6 Å². The standard InChI is InChI=1S/C14H26N2OS/c1-11(2)15-9-14-8-13(12(3)17-14)10-16(4)6-7-18-5/h8,11,15H,6-7,9-10H2,1-5H3. The molecule has 0 atom stereocenters. The zero-order valence-electron chi connectivity index (χ0n) is 12.2. The van der Waals surface area contributed by atoms with Gasteiger partial charge in [0.15, 0.2) is 0 Å². The number of hydrogen-bond donors (Lipinski definition) is 1. The topological polar surface area (TPSA) is 28.4 Å². The van der Waals surface area contributed by atoms with Gasteiger partial charge in [0.1, 0.15) is 11.5 Å². The molecule has 104 valence electrons. The average Bonchev–Trinajstić information content (AvgIpc) is 2.65. The molecule has 0 spiro atoms. The van der Waals surface area contributed by atoms with Gasteiger partial charge in [-0.15, -0.1) is 0 Å². The zero-order valence-corrected chi connectivity index (χ0v) is 13.1. The van der Waals surface area contributed by atoms with Crippen LogP contribution in [0.5, 0.6) is 0 Å². The van der Waals surface area contributed by atoms with Crippen LogP contribution in [0, 0.1) is 6.92 Å². The maximum atomic E-state index is 5.78. The van der Waals surface area contributed by atoms with Gasteiger partial charge >= 0.3 is 0 Å². The van der Waals surface area contributed by atoms with E-state index in [1.165, 1.54) is 11.3 Å². The van der Waals surface area contributed by atoms with E-state index >= 15 is 0 Å². The molecule has 1 aromatic rings. The van der Waals surface area contributed by atoms with E-state index in [0.717, 1.165) is 31.2 Å². The fourth-order valence-corrected chi connectivity index (χ4v) is 2.25. The minimum absolute atomic E-state index is 0.489. The van der Waals surface area contributed by atoms with E-state index in [1.54, 1.807) is 0 Å². The predicted molar refractivity (Wildman–Crippen MR) is 80.1 cm³/mol. The Morgan fingerprint density at radius 3 is 2.78 bits per heavy atom. The van der Waals surface area contributed by atoms with Gasteiger partial charge in [-0.1, -0.05) is 13.8 Å². The molecule has 0 aromatic carbocycles. The largest absolute Gasteiger partial charge is 0.465 e. The van der Waals surface area contributed by atoms with Crippen molar-refractivity contribution in [2.45, 2.75) is 39.9 Å². The van der Waals surface area contributed by atoms with Crippen molar-refractivity contribution in [1.82, 2.24) is 10.2 Å². The highest BCUT2D eigenvalue weighted by Crippen LogP contribution is 2.16. The van der Waals surface area contributed by atoms with Gasteiger partial charge in [0, 0.05) is 30.4 Å². The summed E-state index contributed by atoms with van der Waals surface area (Å²) >= 11 is 1.89. The van der Waals surface area contributed by atoms with Gasteiger partial charge in [0.05, 0.1) is 6.54 Å². The van der Waals surface area contributed by atoms with Crippen LogP contribution in [0.1, 0.15) is 30.9 Å². The van der Waals surface area contributed by atoms with Gasteiger partial charge in [-0.05, 0) is 26.3 Å². The Hall–Kier alpha value is -0.450. The van der Waals surface area contributed by atoms with Crippen LogP contribution < -0.4 is 5.32 Å². The number of nitrogens with zero attached hydrogens (tertiary/aromatic N) is 1. The van der Waals surface area contributed by atoms with Crippen LogP contribution in [-0.2, 0) is 13.1 Å². The average molecular weight is 270 g/mol. The first-order valence-corrected chi connectivity index (χ1v) is 7.91. The third-order valence-corrected chi connectivity index (χ3v) is 3.46. The Bertz CT molecular complexity index is 350. The highest BCUT2D eigenvalue weighted by Gasteiger charge is 2.09. The van der Waals surface area contributed by atoms with Gasteiger partial charge in [-0.3, -0.25) is 0 Å². The fraction of sp³-hybridized carbons (Fsp3) is 0.714. The summed E-state index contributed by atoms with van der Waals surface area (Å²) in [5.74, 6) is 3.26. The highest BCUT2D eigenvalue weighted by molar-refractivity contribution is 7.98. The van der Waals surface area contributed by atoms with Gasteiger partial charge in [-0.25, -0.2) is 0 Å². The Morgan fingerprint density at radius 2 is 2.17 bits per heavy atom. The lowest BCUT2D eigenvalue weighted by Crippen LogP contribution is -2.21. The van der Waals surface area contributed by atoms with Crippen LogP contribution in [0.4, 0.5) is 0 Å². The lowest BCUT2D eigenvalue weighted by atomic mass is 10.2. The number of hydrogen-bond acceptors (Lipinski definition) is 4. The summed E-state index contributed by atoms with van der Waals surface area (Å²) < 4.78 is 5.78. The first-order chi connectivity index (χ1) is 8.52. The molecule has 1 aromatic heterocycles. The lowest BCUT2D eigenvalue weighted by molar-refractivity contribution is 0.345. The Morgan fingerprint density at radius 1 is 1.44 bits per heavy atom. The number of thioether (sulfide) groups is 1. The minimum Gasteiger partial charge on any atom is -0.465 e. The number of furan rings is 1. The van der Waals surface area contributed by atoms with Crippen molar-refractivity contribution in [3.05, 3.63) is 23.2 Å². The molecular weight excluding hydrogens is 244 g/mol. The molecule has 0 fully saturated rings. The second kappa shape index (κ2) is 7.87. The molecule has 0 radical (unpaired) electrons. The van der Waals surface area contributed by atoms with Crippen molar-refractivity contribution < 1.29 is 4.42 Å². The molecule has 0 saturated heterocycles. The normalized spacial score (nSPS) is 11.7. The molecule has 0 unspecified atom stereocenters. The quantitative estimate of drug-likeness (QED) is 0.786. The van der Waals surface area contributed by atoms with Crippen molar-refractivity contribution in [3.8, 4) is 0 Å². The second-order valence-electron chi connectivity index (χ2n) is 5.06. The molecule has 0 bridgehead atoms. The molecule has 0 amide bonds. The summed E-state index contributed by atoms with van der Waals surface area (Å²) in [4.78, 5) is 2.34. The van der Waals surface area contributed by atoms with E-state index < -0.39 is 0 Å². The molecule has 0 aliphatic carbocycles. The third kappa shape index (κ3) is 5.46. The maximum Gasteiger partial charge on any atom is 0.118 e. The van der Waals surface area contributed by atoms with E-state index in [0.29, 0.717) is 6.04 Å². The van der Waals surface area contributed by atoms with Crippen molar-refractivity contribution in [1.29, 1.82) is 0 Å². The first-order valence-electron chi connectivity index (χ1n) is 6.52. The van der Waals surface area contributed by atoms with Gasteiger partial charge in [0.2, 0.25) is 0 Å². The van der Waals surface area contributed by atoms with Crippen LogP contribution in [0.3, 0.4) is 0 Å². The van der Waals surface area contributed by atoms with E-state index in [-0.39, 0.29) is 0 Å². The van der Waals surface area contributed by atoms with Crippen LogP contribution in [-0.4, -0.2) is 36.5 Å². The smallest absolute Gasteiger partial charge is 0.118 e. The minimum atomic E-state index is 0.489. The van der Waals surface area contributed by atoms with Crippen molar-refractivity contribution in [3.63, 3.8) is 0 Å². The number of nitrogens with one attached hydrogen (secondary N) is 1. The summed E-state index contributed by atoms with van der Waals surface area (Å²) in [5, 5.41) is 3.38. The predicted octanol–water partition coefficient (Wildman–Crippen LogP) is 2.88. The molecular formula is C14H26N2OS. The third-order valence-electron chi connectivity index (χ3n) is 2.87. The molecule has 0 aliphatic heterocycles. The van der Waals surface area contributed by atoms with E-state index in [2.05, 4.69) is 50.4 Å². The van der Waals surface area contributed by atoms with Gasteiger partial charge in [-0.2, -0.15) is 11.8 Å². The molecule has 0 aliphatic rings. The summed E-state index contributed by atoms with van der Waals surface area (Å²) in [6.07, 6.45) is 2.15. The molecule has 1 heterocycles. The zero-order chi connectivity index (χ0) is 13.5. The molecule has 3 nitrogen and oxygen atoms in total. The van der Waals surface area contributed by atoms with Crippen LogP contribution >= 0.6 is 11.8 Å². The summed E-state index contributed by atoms with van der Waals surface area (Å²) in [6, 6.07) is 2.67. The van der Waals surface area contributed by atoms with Crippen LogP contribution in [0.25, 0.3) is 0 Å². The summed E-state index contributed by atoms with van der Waals surface area (Å²) in [7, 11) is 2.16. The van der Waals surface area contributed by atoms with Crippen LogP contribution in [0.2, 0.25) is 0 Å². The molecule has 4 heteroatoms. The Balaban J connectivity index is 2.50. The molecule has 1 rings (SSSR count). The second-order valence-corrected chi connectivity index (χ2v) is 6.05. The van der Waals surface area contributed by atoms with E-state index in [4.69, 9.17) is 4.42 Å². The fourth-order valence-electron chi connectivity index (χ4n) is 1.75. The van der Waals surface area contributed by atoms with E-state index in [9.17, 15) is 0 Å². The summed E-state index contributed by atoms with van der Waals surface area (Å²) in [6.45, 7) is 9.24. The first kappa shape index (κ1) is 15.6.